The molecule has 124 valence electrons. The number of hydrogen-bond acceptors (Lipinski definition) is 4. The molecule has 0 spiro atoms. The highest BCUT2D eigenvalue weighted by molar-refractivity contribution is 5.46. The van der Waals surface area contributed by atoms with Gasteiger partial charge in [-0.15, -0.1) is 0 Å². The summed E-state index contributed by atoms with van der Waals surface area (Å²) in [4.78, 5) is 2.55. The lowest BCUT2D eigenvalue weighted by Gasteiger charge is -2.26. The maximum Gasteiger partial charge on any atom is 0.164 e. The summed E-state index contributed by atoms with van der Waals surface area (Å²) in [6.45, 7) is 5.07. The van der Waals surface area contributed by atoms with E-state index in [2.05, 4.69) is 11.0 Å². The summed E-state index contributed by atoms with van der Waals surface area (Å²) >= 11 is 0. The highest BCUT2D eigenvalue weighted by atomic mass is 16.5. The summed E-state index contributed by atoms with van der Waals surface area (Å²) in [5.74, 6) is 1.73. The Morgan fingerprint density at radius 3 is 2.68 bits per heavy atom. The molecule has 2 rings (SSSR count). The van der Waals surface area contributed by atoms with Gasteiger partial charge in [0.15, 0.2) is 11.5 Å². The molecule has 0 radical (unpaired) electrons. The number of rotatable bonds is 9. The molecular weight excluding hydrogens is 276 g/mol. The van der Waals surface area contributed by atoms with Crippen LogP contribution in [0.2, 0.25) is 0 Å². The van der Waals surface area contributed by atoms with E-state index in [1.807, 2.05) is 12.1 Å². The van der Waals surface area contributed by atoms with Crippen LogP contribution in [0.3, 0.4) is 0 Å². The second kappa shape index (κ2) is 9.70. The van der Waals surface area contributed by atoms with Crippen molar-refractivity contribution < 1.29 is 9.47 Å². The third-order valence-electron chi connectivity index (χ3n) is 4.24. The molecule has 1 aliphatic heterocycles. The van der Waals surface area contributed by atoms with Crippen molar-refractivity contribution in [1.82, 2.24) is 4.90 Å². The minimum atomic E-state index is 0.700. The molecule has 2 N–H and O–H groups in total. The van der Waals surface area contributed by atoms with Crippen LogP contribution in [-0.2, 0) is 6.42 Å². The monoisotopic (exact) mass is 306 g/mol. The van der Waals surface area contributed by atoms with E-state index in [4.69, 9.17) is 15.2 Å². The Balaban J connectivity index is 1.84. The molecule has 0 unspecified atom stereocenters. The quantitative estimate of drug-likeness (QED) is 0.713. The highest BCUT2D eigenvalue weighted by Gasteiger charge is 2.12. The highest BCUT2D eigenvalue weighted by Crippen LogP contribution is 2.32. The number of nitrogens with two attached hydrogens (primary N) is 1. The molecule has 1 aromatic carbocycles. The zero-order chi connectivity index (χ0) is 15.6. The predicted molar refractivity (Wildman–Crippen MR) is 90.8 cm³/mol. The molecule has 1 aromatic rings. The van der Waals surface area contributed by atoms with Crippen LogP contribution < -0.4 is 15.2 Å². The van der Waals surface area contributed by atoms with E-state index in [0.29, 0.717) is 6.54 Å². The van der Waals surface area contributed by atoms with Crippen LogP contribution in [0.4, 0.5) is 0 Å². The Morgan fingerprint density at radius 1 is 1.14 bits per heavy atom. The maximum absolute atomic E-state index is 6.05. The summed E-state index contributed by atoms with van der Waals surface area (Å²) in [5.41, 5.74) is 6.82. The molecule has 0 atom stereocenters. The second-order valence-electron chi connectivity index (χ2n) is 5.95. The van der Waals surface area contributed by atoms with Crippen LogP contribution in [0.5, 0.6) is 11.5 Å². The zero-order valence-electron chi connectivity index (χ0n) is 13.9. The number of piperidine rings is 1. The first kappa shape index (κ1) is 17.1. The molecule has 1 heterocycles. The van der Waals surface area contributed by atoms with Crippen LogP contribution in [0, 0.1) is 0 Å². The number of para-hydroxylation sites is 1. The van der Waals surface area contributed by atoms with Gasteiger partial charge in [-0.05, 0) is 63.4 Å². The SMILES string of the molecule is COc1cccc(CCCN)c1OCCCN1CCCCC1. The molecule has 4 heteroatoms. The number of hydrogen-bond donors (Lipinski definition) is 1. The molecule has 1 aliphatic rings. The lowest BCUT2D eigenvalue weighted by atomic mass is 10.1. The van der Waals surface area contributed by atoms with Crippen LogP contribution in [-0.4, -0.2) is 44.8 Å². The first-order chi connectivity index (χ1) is 10.8. The van der Waals surface area contributed by atoms with Crippen molar-refractivity contribution in [3.63, 3.8) is 0 Å². The van der Waals surface area contributed by atoms with E-state index in [9.17, 15) is 0 Å². The first-order valence-electron chi connectivity index (χ1n) is 8.56. The van der Waals surface area contributed by atoms with E-state index in [0.717, 1.165) is 43.9 Å². The Kier molecular flexibility index (Phi) is 7.54. The summed E-state index contributed by atoms with van der Waals surface area (Å²) in [7, 11) is 1.70. The van der Waals surface area contributed by atoms with Gasteiger partial charge in [0.1, 0.15) is 0 Å². The molecule has 4 nitrogen and oxygen atoms in total. The lowest BCUT2D eigenvalue weighted by molar-refractivity contribution is 0.202. The van der Waals surface area contributed by atoms with Gasteiger partial charge in [0.25, 0.3) is 0 Å². The van der Waals surface area contributed by atoms with Crippen LogP contribution in [0.1, 0.15) is 37.7 Å². The van der Waals surface area contributed by atoms with Crippen molar-refractivity contribution in [3.05, 3.63) is 23.8 Å². The molecule has 0 aromatic heterocycles. The Labute approximate surface area is 134 Å². The average Bonchev–Trinajstić information content (AvgIpc) is 2.58. The normalized spacial score (nSPS) is 15.7. The number of ether oxygens (including phenoxy) is 2. The van der Waals surface area contributed by atoms with Crippen molar-refractivity contribution in [2.75, 3.05) is 39.9 Å². The van der Waals surface area contributed by atoms with Gasteiger partial charge in [-0.1, -0.05) is 18.6 Å². The van der Waals surface area contributed by atoms with Crippen molar-refractivity contribution in [3.8, 4) is 11.5 Å². The lowest BCUT2D eigenvalue weighted by Crippen LogP contribution is -2.31. The van der Waals surface area contributed by atoms with E-state index < -0.39 is 0 Å². The van der Waals surface area contributed by atoms with E-state index >= 15 is 0 Å². The topological polar surface area (TPSA) is 47.7 Å². The molecule has 0 saturated carbocycles. The summed E-state index contributed by atoms with van der Waals surface area (Å²) in [6.07, 6.45) is 7.05. The third-order valence-corrected chi connectivity index (χ3v) is 4.24. The van der Waals surface area contributed by atoms with E-state index in [1.165, 1.54) is 37.9 Å². The van der Waals surface area contributed by atoms with Crippen LogP contribution >= 0.6 is 0 Å². The number of likely N-dealkylation sites (tertiary alicyclic amines) is 1. The van der Waals surface area contributed by atoms with Crippen LogP contribution in [0.25, 0.3) is 0 Å². The fourth-order valence-electron chi connectivity index (χ4n) is 3.02. The van der Waals surface area contributed by atoms with Crippen molar-refractivity contribution >= 4 is 0 Å². The number of nitrogens with zero attached hydrogens (tertiary/aromatic N) is 1. The largest absolute Gasteiger partial charge is 0.493 e. The van der Waals surface area contributed by atoms with Gasteiger partial charge in [0.2, 0.25) is 0 Å². The summed E-state index contributed by atoms with van der Waals surface area (Å²) in [5, 5.41) is 0. The summed E-state index contributed by atoms with van der Waals surface area (Å²) < 4.78 is 11.5. The Morgan fingerprint density at radius 2 is 1.95 bits per heavy atom. The van der Waals surface area contributed by atoms with E-state index in [-0.39, 0.29) is 0 Å². The Hall–Kier alpha value is -1.26. The van der Waals surface area contributed by atoms with Gasteiger partial charge in [-0.3, -0.25) is 0 Å². The van der Waals surface area contributed by atoms with Gasteiger partial charge in [-0.2, -0.15) is 0 Å². The minimum absolute atomic E-state index is 0.700. The molecule has 1 saturated heterocycles. The number of methoxy groups -OCH3 is 1. The molecular formula is C18H30N2O2. The molecule has 1 fully saturated rings. The zero-order valence-corrected chi connectivity index (χ0v) is 13.9. The van der Waals surface area contributed by atoms with E-state index in [1.54, 1.807) is 7.11 Å². The second-order valence-corrected chi connectivity index (χ2v) is 5.95. The van der Waals surface area contributed by atoms with Gasteiger partial charge in [0, 0.05) is 6.54 Å². The van der Waals surface area contributed by atoms with Crippen molar-refractivity contribution in [1.29, 1.82) is 0 Å². The van der Waals surface area contributed by atoms with Gasteiger partial charge >= 0.3 is 0 Å². The van der Waals surface area contributed by atoms with Crippen LogP contribution in [0.15, 0.2) is 18.2 Å². The fraction of sp³-hybridized carbons (Fsp3) is 0.667. The van der Waals surface area contributed by atoms with Crippen molar-refractivity contribution in [2.45, 2.75) is 38.5 Å². The Bertz CT molecular complexity index is 431. The first-order valence-corrected chi connectivity index (χ1v) is 8.56. The number of benzene rings is 1. The van der Waals surface area contributed by atoms with Crippen molar-refractivity contribution in [2.24, 2.45) is 5.73 Å². The third kappa shape index (κ3) is 5.18. The molecule has 22 heavy (non-hydrogen) atoms. The molecule has 0 amide bonds. The smallest absolute Gasteiger partial charge is 0.164 e. The summed E-state index contributed by atoms with van der Waals surface area (Å²) in [6, 6.07) is 6.09. The van der Waals surface area contributed by atoms with Gasteiger partial charge in [-0.25, -0.2) is 0 Å². The van der Waals surface area contributed by atoms with Gasteiger partial charge < -0.3 is 20.1 Å². The standard InChI is InChI=1S/C18H30N2O2/c1-21-17-10-5-8-16(9-6-11-19)18(17)22-15-7-14-20-12-3-2-4-13-20/h5,8,10H,2-4,6-7,9,11-15,19H2,1H3. The molecule has 0 aliphatic carbocycles. The predicted octanol–water partition coefficient (Wildman–Crippen LogP) is 2.84. The van der Waals surface area contributed by atoms with Gasteiger partial charge in [0.05, 0.1) is 13.7 Å². The maximum atomic E-state index is 6.05. The number of aryl methyl sites for hydroxylation is 1. The average molecular weight is 306 g/mol. The fourth-order valence-corrected chi connectivity index (χ4v) is 3.02. The molecule has 0 bridgehead atoms. The minimum Gasteiger partial charge on any atom is -0.493 e.